The molecule has 0 aliphatic heterocycles. The highest BCUT2D eigenvalue weighted by atomic mass is 19.3. The SMILES string of the molecule is O=C(N[C@@H](CC1CC1)C(=O)NCC1C(C(=O)O)C1(F)F)OCC1c2ccccc2-c2ccccc21. The Morgan fingerprint density at radius 1 is 1.03 bits per heavy atom. The number of hydrogen-bond donors (Lipinski definition) is 3. The van der Waals surface area contributed by atoms with E-state index in [9.17, 15) is 23.2 Å². The van der Waals surface area contributed by atoms with Gasteiger partial charge in [-0.1, -0.05) is 61.4 Å². The van der Waals surface area contributed by atoms with E-state index in [1.54, 1.807) is 0 Å². The number of carboxylic acids is 1. The maximum Gasteiger partial charge on any atom is 0.407 e. The molecule has 2 aromatic carbocycles. The van der Waals surface area contributed by atoms with Crippen LogP contribution in [-0.2, 0) is 14.3 Å². The summed E-state index contributed by atoms with van der Waals surface area (Å²) in [6.07, 6.45) is 1.47. The Morgan fingerprint density at radius 3 is 2.17 bits per heavy atom. The first-order valence-electron chi connectivity index (χ1n) is 11.8. The molecule has 0 heterocycles. The van der Waals surface area contributed by atoms with Gasteiger partial charge in [-0.05, 0) is 34.6 Å². The van der Waals surface area contributed by atoms with Crippen LogP contribution < -0.4 is 10.6 Å². The number of amides is 2. The summed E-state index contributed by atoms with van der Waals surface area (Å²) >= 11 is 0. The lowest BCUT2D eigenvalue weighted by molar-refractivity contribution is -0.141. The number of alkyl carbamates (subject to hydrolysis) is 1. The molecule has 2 fully saturated rings. The Bertz CT molecular complexity index is 1120. The zero-order valence-electron chi connectivity index (χ0n) is 18.9. The molecule has 2 saturated carbocycles. The van der Waals surface area contributed by atoms with Crippen molar-refractivity contribution in [3.63, 3.8) is 0 Å². The summed E-state index contributed by atoms with van der Waals surface area (Å²) in [6, 6.07) is 14.9. The molecular weight excluding hydrogens is 458 g/mol. The van der Waals surface area contributed by atoms with Crippen LogP contribution in [0.3, 0.4) is 0 Å². The standard InChI is InChI=1S/C26H26F2N2O5/c27-26(28)20(22(26)24(32)33)12-29-23(31)21(11-14-9-10-14)30-25(34)35-13-19-17-7-3-1-5-15(17)16-6-2-4-8-18(16)19/h1-8,14,19-22H,9-13H2,(H,29,31)(H,30,34)(H,32,33)/t20?,21-,22?/m0/s1. The molecule has 184 valence electrons. The van der Waals surface area contributed by atoms with Gasteiger partial charge in [0.15, 0.2) is 0 Å². The van der Waals surface area contributed by atoms with E-state index in [-0.39, 0.29) is 18.4 Å². The molecule has 0 bridgehead atoms. The van der Waals surface area contributed by atoms with Crippen LogP contribution in [0.15, 0.2) is 48.5 Å². The molecule has 0 aromatic heterocycles. The number of ether oxygens (including phenoxy) is 1. The summed E-state index contributed by atoms with van der Waals surface area (Å²) in [4.78, 5) is 36.2. The Balaban J connectivity index is 1.19. The molecule has 35 heavy (non-hydrogen) atoms. The Hall–Kier alpha value is -3.49. The Labute approximate surface area is 200 Å². The molecule has 9 heteroatoms. The number of rotatable bonds is 9. The fraction of sp³-hybridized carbons (Fsp3) is 0.423. The third-order valence-electron chi connectivity index (χ3n) is 7.18. The minimum Gasteiger partial charge on any atom is -0.481 e. The van der Waals surface area contributed by atoms with Crippen LogP contribution in [0.4, 0.5) is 13.6 Å². The van der Waals surface area contributed by atoms with Gasteiger partial charge in [0.25, 0.3) is 5.92 Å². The number of benzene rings is 2. The summed E-state index contributed by atoms with van der Waals surface area (Å²) in [6.45, 7) is -0.372. The van der Waals surface area contributed by atoms with Gasteiger partial charge < -0.3 is 20.5 Å². The second-order valence-electron chi connectivity index (χ2n) is 9.54. The lowest BCUT2D eigenvalue weighted by atomic mass is 9.98. The zero-order valence-corrected chi connectivity index (χ0v) is 18.9. The van der Waals surface area contributed by atoms with Crippen LogP contribution in [-0.4, -0.2) is 48.2 Å². The third kappa shape index (κ3) is 4.59. The largest absolute Gasteiger partial charge is 0.481 e. The summed E-state index contributed by atoms with van der Waals surface area (Å²) in [5.74, 6) is -8.63. The van der Waals surface area contributed by atoms with E-state index in [0.29, 0.717) is 6.42 Å². The van der Waals surface area contributed by atoms with E-state index in [0.717, 1.165) is 35.1 Å². The van der Waals surface area contributed by atoms with E-state index in [1.807, 2.05) is 48.5 Å². The molecule has 0 radical (unpaired) electrons. The van der Waals surface area contributed by atoms with Crippen molar-refractivity contribution in [3.05, 3.63) is 59.7 Å². The monoisotopic (exact) mass is 484 g/mol. The average Bonchev–Trinajstić information content (AvgIpc) is 3.71. The topological polar surface area (TPSA) is 105 Å². The summed E-state index contributed by atoms with van der Waals surface area (Å²) in [5, 5.41) is 13.9. The average molecular weight is 484 g/mol. The van der Waals surface area contributed by atoms with E-state index in [4.69, 9.17) is 9.84 Å². The molecule has 5 rings (SSSR count). The molecule has 3 aliphatic carbocycles. The fourth-order valence-electron chi connectivity index (χ4n) is 5.02. The normalized spacial score (nSPS) is 22.5. The number of carbonyl (C=O) groups excluding carboxylic acids is 2. The maximum absolute atomic E-state index is 13.6. The Morgan fingerprint density at radius 2 is 1.63 bits per heavy atom. The van der Waals surface area contributed by atoms with Crippen molar-refractivity contribution in [1.82, 2.24) is 10.6 Å². The van der Waals surface area contributed by atoms with Crippen molar-refractivity contribution in [2.45, 2.75) is 37.1 Å². The minimum absolute atomic E-state index is 0.0895. The van der Waals surface area contributed by atoms with E-state index >= 15 is 0 Å². The molecule has 0 saturated heterocycles. The highest BCUT2D eigenvalue weighted by molar-refractivity contribution is 5.86. The predicted molar refractivity (Wildman–Crippen MR) is 122 cm³/mol. The molecule has 3 atom stereocenters. The van der Waals surface area contributed by atoms with Crippen LogP contribution in [0.25, 0.3) is 11.1 Å². The summed E-state index contributed by atoms with van der Waals surface area (Å²) in [7, 11) is 0. The lowest BCUT2D eigenvalue weighted by Crippen LogP contribution is -2.48. The highest BCUT2D eigenvalue weighted by Crippen LogP contribution is 2.55. The quantitative estimate of drug-likeness (QED) is 0.503. The van der Waals surface area contributed by atoms with Crippen molar-refractivity contribution in [1.29, 1.82) is 0 Å². The molecule has 7 nitrogen and oxygen atoms in total. The summed E-state index contributed by atoms with van der Waals surface area (Å²) < 4.78 is 32.8. The first kappa shape index (κ1) is 23.3. The van der Waals surface area contributed by atoms with Crippen molar-refractivity contribution in [2.24, 2.45) is 17.8 Å². The highest BCUT2D eigenvalue weighted by Gasteiger charge is 2.72. The minimum atomic E-state index is -3.34. The number of fused-ring (bicyclic) bond motifs is 3. The number of carbonyl (C=O) groups is 3. The first-order chi connectivity index (χ1) is 16.8. The number of alkyl halides is 2. The van der Waals surface area contributed by atoms with E-state index in [2.05, 4.69) is 10.6 Å². The van der Waals surface area contributed by atoms with Gasteiger partial charge in [-0.25, -0.2) is 13.6 Å². The van der Waals surface area contributed by atoms with Gasteiger partial charge in [0.05, 0.1) is 5.92 Å². The van der Waals surface area contributed by atoms with Crippen molar-refractivity contribution in [3.8, 4) is 11.1 Å². The number of nitrogens with one attached hydrogen (secondary N) is 2. The van der Waals surface area contributed by atoms with Gasteiger partial charge in [-0.2, -0.15) is 0 Å². The van der Waals surface area contributed by atoms with E-state index in [1.165, 1.54) is 0 Å². The van der Waals surface area contributed by atoms with Crippen LogP contribution in [0.2, 0.25) is 0 Å². The molecule has 0 spiro atoms. The van der Waals surface area contributed by atoms with Gasteiger partial charge >= 0.3 is 12.1 Å². The molecule has 2 aromatic rings. The van der Waals surface area contributed by atoms with Crippen LogP contribution >= 0.6 is 0 Å². The van der Waals surface area contributed by atoms with Crippen LogP contribution in [0, 0.1) is 17.8 Å². The first-order valence-corrected chi connectivity index (χ1v) is 11.8. The molecule has 3 N–H and O–H groups in total. The van der Waals surface area contributed by atoms with Crippen molar-refractivity contribution >= 4 is 18.0 Å². The van der Waals surface area contributed by atoms with Crippen molar-refractivity contribution < 1.29 is 33.0 Å². The fourth-order valence-corrected chi connectivity index (χ4v) is 5.02. The number of aliphatic carboxylic acids is 1. The lowest BCUT2D eigenvalue weighted by Gasteiger charge is -2.19. The third-order valence-corrected chi connectivity index (χ3v) is 7.18. The zero-order chi connectivity index (χ0) is 24.7. The molecular formula is C26H26F2N2O5. The molecule has 2 amide bonds. The smallest absolute Gasteiger partial charge is 0.407 e. The second-order valence-corrected chi connectivity index (χ2v) is 9.54. The number of halogens is 2. The second kappa shape index (κ2) is 8.94. The number of carboxylic acid groups (broad SMARTS) is 1. The Kier molecular flexibility index (Phi) is 5.94. The van der Waals surface area contributed by atoms with E-state index < -0.39 is 48.3 Å². The van der Waals surface area contributed by atoms with Gasteiger partial charge in [-0.3, -0.25) is 9.59 Å². The van der Waals surface area contributed by atoms with Crippen molar-refractivity contribution in [2.75, 3.05) is 13.2 Å². The molecule has 2 unspecified atom stereocenters. The summed E-state index contributed by atoms with van der Waals surface area (Å²) in [5.41, 5.74) is 4.32. The van der Waals surface area contributed by atoms with Gasteiger partial charge in [0.2, 0.25) is 5.91 Å². The van der Waals surface area contributed by atoms with Gasteiger partial charge in [0, 0.05) is 12.5 Å². The van der Waals surface area contributed by atoms with Gasteiger partial charge in [-0.15, -0.1) is 0 Å². The maximum atomic E-state index is 13.6. The van der Waals surface area contributed by atoms with Gasteiger partial charge in [0.1, 0.15) is 18.6 Å². The van der Waals surface area contributed by atoms with Crippen LogP contribution in [0.5, 0.6) is 0 Å². The van der Waals surface area contributed by atoms with Crippen LogP contribution in [0.1, 0.15) is 36.3 Å². The predicted octanol–water partition coefficient (Wildman–Crippen LogP) is 3.78. The number of hydrogen-bond acceptors (Lipinski definition) is 4. The molecule has 3 aliphatic rings.